The molecule has 1 aromatic rings. The van der Waals surface area contributed by atoms with Gasteiger partial charge in [-0.3, -0.25) is 4.79 Å². The van der Waals surface area contributed by atoms with Crippen molar-refractivity contribution in [1.29, 1.82) is 0 Å². The Morgan fingerprint density at radius 3 is 2.94 bits per heavy atom. The minimum Gasteiger partial charge on any atom is -0.496 e. The average molecular weight is 232 g/mol. The maximum Gasteiger partial charge on any atom is 0.166 e. The summed E-state index contributed by atoms with van der Waals surface area (Å²) >= 11 is 0. The molecule has 0 N–H and O–H groups in total. The monoisotopic (exact) mass is 232 g/mol. The number of fused-ring (bicyclic) bond motifs is 1. The number of methoxy groups -OCH3 is 1. The van der Waals surface area contributed by atoms with Gasteiger partial charge in [-0.2, -0.15) is 0 Å². The Hall–Kier alpha value is -1.31. The van der Waals surface area contributed by atoms with E-state index in [1.807, 2.05) is 18.2 Å². The molecule has 1 atom stereocenters. The van der Waals surface area contributed by atoms with Crippen LogP contribution in [-0.2, 0) is 6.42 Å². The van der Waals surface area contributed by atoms with E-state index in [0.717, 1.165) is 49.0 Å². The van der Waals surface area contributed by atoms with Gasteiger partial charge in [0.25, 0.3) is 0 Å². The van der Waals surface area contributed by atoms with Crippen LogP contribution >= 0.6 is 0 Å². The Morgan fingerprint density at radius 1 is 1.41 bits per heavy atom. The number of carbonyl (C=O) groups excluding carboxylic acids is 1. The summed E-state index contributed by atoms with van der Waals surface area (Å²) in [5, 5.41) is 0. The maximum absolute atomic E-state index is 12.3. The van der Waals surface area contributed by atoms with Crippen LogP contribution in [0.5, 0.6) is 5.75 Å². The standard InChI is InChI=1S/C15H20O2/c1-3-4-6-11-9-10-12-13(15(11)16)7-5-8-14(12)17-2/h5,7-8,11H,3-4,6,9-10H2,1-2H3. The second-order valence-electron chi connectivity index (χ2n) is 4.73. The van der Waals surface area contributed by atoms with Crippen LogP contribution in [-0.4, -0.2) is 12.9 Å². The average Bonchev–Trinajstić information content (AvgIpc) is 2.37. The molecular weight excluding hydrogens is 212 g/mol. The normalized spacial score (nSPS) is 18.9. The third kappa shape index (κ3) is 2.36. The van der Waals surface area contributed by atoms with Crippen molar-refractivity contribution in [2.75, 3.05) is 7.11 Å². The van der Waals surface area contributed by atoms with Gasteiger partial charge in [0, 0.05) is 17.0 Å². The second-order valence-corrected chi connectivity index (χ2v) is 4.73. The van der Waals surface area contributed by atoms with Gasteiger partial charge in [-0.1, -0.05) is 31.9 Å². The van der Waals surface area contributed by atoms with Gasteiger partial charge in [-0.05, 0) is 25.3 Å². The van der Waals surface area contributed by atoms with E-state index < -0.39 is 0 Å². The van der Waals surface area contributed by atoms with Gasteiger partial charge in [-0.25, -0.2) is 0 Å². The highest BCUT2D eigenvalue weighted by atomic mass is 16.5. The molecule has 2 rings (SSSR count). The lowest BCUT2D eigenvalue weighted by atomic mass is 9.80. The first kappa shape index (κ1) is 12.2. The fourth-order valence-corrected chi connectivity index (χ4v) is 2.64. The summed E-state index contributed by atoms with van der Waals surface area (Å²) in [5.74, 6) is 1.41. The summed E-state index contributed by atoms with van der Waals surface area (Å²) in [7, 11) is 1.67. The summed E-state index contributed by atoms with van der Waals surface area (Å²) in [6.45, 7) is 2.17. The lowest BCUT2D eigenvalue weighted by Gasteiger charge is -2.24. The van der Waals surface area contributed by atoms with Crippen molar-refractivity contribution in [2.24, 2.45) is 5.92 Å². The fraction of sp³-hybridized carbons (Fsp3) is 0.533. The number of ketones is 1. The molecule has 0 heterocycles. The quantitative estimate of drug-likeness (QED) is 0.792. The highest BCUT2D eigenvalue weighted by Gasteiger charge is 2.28. The number of hydrogen-bond donors (Lipinski definition) is 0. The van der Waals surface area contributed by atoms with Crippen LogP contribution in [0.4, 0.5) is 0 Å². The van der Waals surface area contributed by atoms with Crippen molar-refractivity contribution in [2.45, 2.75) is 39.0 Å². The van der Waals surface area contributed by atoms with Crippen LogP contribution < -0.4 is 4.74 Å². The van der Waals surface area contributed by atoms with E-state index in [9.17, 15) is 4.79 Å². The zero-order chi connectivity index (χ0) is 12.3. The van der Waals surface area contributed by atoms with Crippen LogP contribution in [0.25, 0.3) is 0 Å². The maximum atomic E-state index is 12.3. The molecule has 0 spiro atoms. The SMILES string of the molecule is CCCCC1CCc2c(OC)cccc2C1=O. The van der Waals surface area contributed by atoms with Gasteiger partial charge in [0.2, 0.25) is 0 Å². The number of unbranched alkanes of at least 4 members (excludes halogenated alkanes) is 1. The van der Waals surface area contributed by atoms with Gasteiger partial charge in [0.1, 0.15) is 5.75 Å². The molecule has 2 nitrogen and oxygen atoms in total. The van der Waals surface area contributed by atoms with Crippen molar-refractivity contribution in [3.8, 4) is 5.75 Å². The highest BCUT2D eigenvalue weighted by Crippen LogP contribution is 2.33. The summed E-state index contributed by atoms with van der Waals surface area (Å²) < 4.78 is 5.33. The second kappa shape index (κ2) is 5.35. The van der Waals surface area contributed by atoms with Crippen LogP contribution in [0.3, 0.4) is 0 Å². The van der Waals surface area contributed by atoms with E-state index in [4.69, 9.17) is 4.74 Å². The molecule has 0 saturated carbocycles. The first-order valence-electron chi connectivity index (χ1n) is 6.48. The smallest absolute Gasteiger partial charge is 0.166 e. The molecule has 0 saturated heterocycles. The summed E-state index contributed by atoms with van der Waals surface area (Å²) in [4.78, 5) is 12.3. The molecule has 1 unspecified atom stereocenters. The zero-order valence-electron chi connectivity index (χ0n) is 10.7. The summed E-state index contributed by atoms with van der Waals surface area (Å²) in [5.41, 5.74) is 1.99. The third-order valence-electron chi connectivity index (χ3n) is 3.64. The zero-order valence-corrected chi connectivity index (χ0v) is 10.7. The van der Waals surface area contributed by atoms with Gasteiger partial charge >= 0.3 is 0 Å². The van der Waals surface area contributed by atoms with Crippen molar-refractivity contribution in [1.82, 2.24) is 0 Å². The van der Waals surface area contributed by atoms with Gasteiger partial charge in [0.05, 0.1) is 7.11 Å². The molecule has 2 heteroatoms. The summed E-state index contributed by atoms with van der Waals surface area (Å²) in [6, 6.07) is 5.80. The summed E-state index contributed by atoms with van der Waals surface area (Å²) in [6.07, 6.45) is 5.29. The van der Waals surface area contributed by atoms with E-state index in [1.54, 1.807) is 7.11 Å². The number of hydrogen-bond acceptors (Lipinski definition) is 2. The predicted molar refractivity (Wildman–Crippen MR) is 68.7 cm³/mol. The number of ether oxygens (including phenoxy) is 1. The molecule has 0 fully saturated rings. The largest absolute Gasteiger partial charge is 0.496 e. The molecule has 0 radical (unpaired) electrons. The topological polar surface area (TPSA) is 26.3 Å². The first-order valence-corrected chi connectivity index (χ1v) is 6.48. The van der Waals surface area contributed by atoms with E-state index in [1.165, 1.54) is 0 Å². The molecular formula is C15H20O2. The van der Waals surface area contributed by atoms with Crippen LogP contribution in [0.1, 0.15) is 48.5 Å². The van der Waals surface area contributed by atoms with Gasteiger partial charge in [0.15, 0.2) is 5.78 Å². The Kier molecular flexibility index (Phi) is 3.82. The molecule has 92 valence electrons. The molecule has 1 aromatic carbocycles. The molecule has 0 bridgehead atoms. The molecule has 1 aliphatic rings. The van der Waals surface area contributed by atoms with Crippen molar-refractivity contribution in [3.05, 3.63) is 29.3 Å². The lowest BCUT2D eigenvalue weighted by molar-refractivity contribution is 0.0892. The van der Waals surface area contributed by atoms with Crippen molar-refractivity contribution in [3.63, 3.8) is 0 Å². The Bertz CT molecular complexity index is 409. The van der Waals surface area contributed by atoms with Crippen molar-refractivity contribution < 1.29 is 9.53 Å². The van der Waals surface area contributed by atoms with Crippen LogP contribution in [0.2, 0.25) is 0 Å². The molecule has 0 aliphatic heterocycles. The number of rotatable bonds is 4. The van der Waals surface area contributed by atoms with Crippen LogP contribution in [0, 0.1) is 5.92 Å². The van der Waals surface area contributed by atoms with Crippen molar-refractivity contribution >= 4 is 5.78 Å². The molecule has 0 aromatic heterocycles. The third-order valence-corrected chi connectivity index (χ3v) is 3.64. The molecule has 17 heavy (non-hydrogen) atoms. The number of benzene rings is 1. The minimum atomic E-state index is 0.231. The lowest BCUT2D eigenvalue weighted by Crippen LogP contribution is -2.23. The van der Waals surface area contributed by atoms with E-state index in [2.05, 4.69) is 6.92 Å². The fourth-order valence-electron chi connectivity index (χ4n) is 2.64. The van der Waals surface area contributed by atoms with E-state index in [0.29, 0.717) is 5.78 Å². The van der Waals surface area contributed by atoms with Crippen LogP contribution in [0.15, 0.2) is 18.2 Å². The van der Waals surface area contributed by atoms with E-state index in [-0.39, 0.29) is 5.92 Å². The number of carbonyl (C=O) groups is 1. The van der Waals surface area contributed by atoms with Gasteiger partial charge in [-0.15, -0.1) is 0 Å². The molecule has 0 amide bonds. The highest BCUT2D eigenvalue weighted by molar-refractivity contribution is 6.00. The minimum absolute atomic E-state index is 0.231. The Labute approximate surface area is 103 Å². The predicted octanol–water partition coefficient (Wildman–Crippen LogP) is 3.63. The Morgan fingerprint density at radius 2 is 2.24 bits per heavy atom. The first-order chi connectivity index (χ1) is 8.27. The number of Topliss-reactive ketones (excluding diaryl/α,β-unsaturated/α-hetero) is 1. The Balaban J connectivity index is 2.24. The van der Waals surface area contributed by atoms with E-state index >= 15 is 0 Å². The molecule has 1 aliphatic carbocycles. The van der Waals surface area contributed by atoms with Gasteiger partial charge < -0.3 is 4.74 Å².